The number of non-ortho nitro benzene ring substituents is 1. The molecule has 0 aromatic heterocycles. The molecule has 0 heterocycles. The van der Waals surface area contributed by atoms with Gasteiger partial charge >= 0.3 is 0 Å². The number of hydrogen-bond donors (Lipinski definition) is 1. The molecule has 20 heavy (non-hydrogen) atoms. The number of rotatable bonds is 9. The number of hydrazone groups is 1. The van der Waals surface area contributed by atoms with Crippen LogP contribution in [0.15, 0.2) is 29.4 Å². The third-order valence-corrected chi connectivity index (χ3v) is 3.06. The maximum absolute atomic E-state index is 10.6. The minimum atomic E-state index is -0.402. The normalized spacial score (nSPS) is 10.1. The van der Waals surface area contributed by atoms with Gasteiger partial charge in [-0.15, -0.1) is 0 Å². The van der Waals surface area contributed by atoms with E-state index in [-0.39, 0.29) is 5.69 Å². The topological polar surface area (TPSA) is 67.5 Å². The van der Waals surface area contributed by atoms with Gasteiger partial charge in [0, 0.05) is 17.8 Å². The van der Waals surface area contributed by atoms with Crippen LogP contribution in [0.25, 0.3) is 0 Å². The molecule has 0 aliphatic rings. The Morgan fingerprint density at radius 3 is 2.15 bits per heavy atom. The summed E-state index contributed by atoms with van der Waals surface area (Å²) in [6.07, 6.45) is 6.62. The van der Waals surface area contributed by atoms with E-state index in [0.29, 0.717) is 0 Å². The first-order chi connectivity index (χ1) is 9.67. The van der Waals surface area contributed by atoms with Gasteiger partial charge in [0.05, 0.1) is 10.6 Å². The van der Waals surface area contributed by atoms with Crippen molar-refractivity contribution in [2.45, 2.75) is 52.4 Å². The van der Waals surface area contributed by atoms with Gasteiger partial charge in [0.2, 0.25) is 0 Å². The van der Waals surface area contributed by atoms with Gasteiger partial charge < -0.3 is 0 Å². The van der Waals surface area contributed by atoms with E-state index in [4.69, 9.17) is 0 Å². The van der Waals surface area contributed by atoms with Crippen LogP contribution in [0.3, 0.4) is 0 Å². The molecule has 0 unspecified atom stereocenters. The Bertz CT molecular complexity index is 431. The first-order valence-corrected chi connectivity index (χ1v) is 7.23. The second-order valence-corrected chi connectivity index (χ2v) is 4.80. The van der Waals surface area contributed by atoms with Crippen LogP contribution in [0.1, 0.15) is 52.4 Å². The van der Waals surface area contributed by atoms with Crippen molar-refractivity contribution in [2.75, 3.05) is 5.43 Å². The molecule has 5 heteroatoms. The molecule has 1 N–H and O–H groups in total. The summed E-state index contributed by atoms with van der Waals surface area (Å²) in [5.41, 5.74) is 5.04. The predicted molar refractivity (Wildman–Crippen MR) is 83.2 cm³/mol. The molecule has 0 fully saturated rings. The number of nitro benzene ring substituents is 1. The van der Waals surface area contributed by atoms with Crippen molar-refractivity contribution in [1.82, 2.24) is 0 Å². The number of benzene rings is 1. The lowest BCUT2D eigenvalue weighted by Crippen LogP contribution is -2.03. The Labute approximate surface area is 120 Å². The summed E-state index contributed by atoms with van der Waals surface area (Å²) in [4.78, 5) is 10.2. The van der Waals surface area contributed by atoms with Crippen LogP contribution >= 0.6 is 0 Å². The van der Waals surface area contributed by atoms with E-state index in [0.717, 1.165) is 44.2 Å². The highest BCUT2D eigenvalue weighted by Gasteiger charge is 2.04. The predicted octanol–water partition coefficient (Wildman–Crippen LogP) is 4.74. The smallest absolute Gasteiger partial charge is 0.269 e. The van der Waals surface area contributed by atoms with Crippen LogP contribution in [-0.4, -0.2) is 10.6 Å². The second-order valence-electron chi connectivity index (χ2n) is 4.80. The summed E-state index contributed by atoms with van der Waals surface area (Å²) in [5, 5.41) is 15.0. The average Bonchev–Trinajstić information content (AvgIpc) is 2.47. The Balaban J connectivity index is 2.62. The summed E-state index contributed by atoms with van der Waals surface area (Å²) in [6, 6.07) is 6.32. The molecule has 0 amide bonds. The molecule has 0 atom stereocenters. The molecule has 0 aliphatic carbocycles. The highest BCUT2D eigenvalue weighted by Crippen LogP contribution is 2.15. The lowest BCUT2D eigenvalue weighted by atomic mass is 10.1. The van der Waals surface area contributed by atoms with Crippen molar-refractivity contribution in [3.8, 4) is 0 Å². The largest absolute Gasteiger partial charge is 0.279 e. The van der Waals surface area contributed by atoms with Gasteiger partial charge in [-0.25, -0.2) is 0 Å². The van der Waals surface area contributed by atoms with Crippen LogP contribution < -0.4 is 5.43 Å². The maximum atomic E-state index is 10.6. The first kappa shape index (κ1) is 16.1. The Morgan fingerprint density at radius 2 is 1.70 bits per heavy atom. The Kier molecular flexibility index (Phi) is 7.32. The van der Waals surface area contributed by atoms with Crippen LogP contribution in [0.4, 0.5) is 11.4 Å². The number of unbranched alkanes of at least 4 members (excludes halogenated alkanes) is 2. The first-order valence-electron chi connectivity index (χ1n) is 7.23. The average molecular weight is 277 g/mol. The fourth-order valence-electron chi connectivity index (χ4n) is 1.80. The molecule has 1 rings (SSSR count). The van der Waals surface area contributed by atoms with Gasteiger partial charge in [-0.05, 0) is 37.8 Å². The van der Waals surface area contributed by atoms with Crippen LogP contribution in [0, 0.1) is 10.1 Å². The highest BCUT2D eigenvalue weighted by molar-refractivity contribution is 5.85. The molecule has 1 aromatic rings. The zero-order valence-corrected chi connectivity index (χ0v) is 12.3. The van der Waals surface area contributed by atoms with Gasteiger partial charge in [0.25, 0.3) is 5.69 Å². The van der Waals surface area contributed by atoms with Crippen molar-refractivity contribution >= 4 is 17.1 Å². The standard InChI is InChI=1S/C15H23N3O2/c1-3-5-7-13(8-6-4-2)16-17-14-9-11-15(12-10-14)18(19)20/h9-12,17H,3-8H2,1-2H3. The molecular formula is C15H23N3O2. The van der Waals surface area contributed by atoms with Crippen molar-refractivity contribution < 1.29 is 4.92 Å². The van der Waals surface area contributed by atoms with Gasteiger partial charge in [0.15, 0.2) is 0 Å². The second kappa shape index (κ2) is 9.07. The number of nitro groups is 1. The van der Waals surface area contributed by atoms with E-state index in [1.807, 2.05) is 0 Å². The van der Waals surface area contributed by atoms with E-state index >= 15 is 0 Å². The zero-order valence-electron chi connectivity index (χ0n) is 12.3. The lowest BCUT2D eigenvalue weighted by Gasteiger charge is -2.06. The van der Waals surface area contributed by atoms with E-state index in [1.54, 1.807) is 12.1 Å². The van der Waals surface area contributed by atoms with Crippen LogP contribution in [0.5, 0.6) is 0 Å². The molecule has 0 saturated carbocycles. The van der Waals surface area contributed by atoms with Crippen LogP contribution in [-0.2, 0) is 0 Å². The molecule has 0 saturated heterocycles. The van der Waals surface area contributed by atoms with Gasteiger partial charge in [0.1, 0.15) is 0 Å². The summed E-state index contributed by atoms with van der Waals surface area (Å²) in [6.45, 7) is 4.34. The number of anilines is 1. The van der Waals surface area contributed by atoms with Crippen molar-refractivity contribution in [2.24, 2.45) is 5.10 Å². The molecule has 0 radical (unpaired) electrons. The maximum Gasteiger partial charge on any atom is 0.269 e. The summed E-state index contributed by atoms with van der Waals surface area (Å²) in [7, 11) is 0. The van der Waals surface area contributed by atoms with Gasteiger partial charge in [-0.1, -0.05) is 26.7 Å². The molecule has 110 valence electrons. The number of hydrogen-bond acceptors (Lipinski definition) is 4. The summed E-state index contributed by atoms with van der Waals surface area (Å²) < 4.78 is 0. The minimum Gasteiger partial charge on any atom is -0.279 e. The molecule has 1 aromatic carbocycles. The quantitative estimate of drug-likeness (QED) is 0.402. The molecule has 0 bridgehead atoms. The molecular weight excluding hydrogens is 254 g/mol. The SMILES string of the molecule is CCCCC(CCCC)=NNc1ccc([N+](=O)[O-])cc1. The lowest BCUT2D eigenvalue weighted by molar-refractivity contribution is -0.384. The Morgan fingerprint density at radius 1 is 1.15 bits per heavy atom. The van der Waals surface area contributed by atoms with E-state index in [2.05, 4.69) is 24.4 Å². The van der Waals surface area contributed by atoms with Gasteiger partial charge in [-0.2, -0.15) is 5.10 Å². The Hall–Kier alpha value is -1.91. The van der Waals surface area contributed by atoms with Crippen LogP contribution in [0.2, 0.25) is 0 Å². The van der Waals surface area contributed by atoms with Crippen molar-refractivity contribution in [3.63, 3.8) is 0 Å². The fraction of sp³-hybridized carbons (Fsp3) is 0.533. The van der Waals surface area contributed by atoms with E-state index in [9.17, 15) is 10.1 Å². The molecule has 0 aliphatic heterocycles. The zero-order chi connectivity index (χ0) is 14.8. The van der Waals surface area contributed by atoms with E-state index < -0.39 is 4.92 Å². The third-order valence-electron chi connectivity index (χ3n) is 3.06. The van der Waals surface area contributed by atoms with Crippen molar-refractivity contribution in [1.29, 1.82) is 0 Å². The van der Waals surface area contributed by atoms with E-state index in [1.165, 1.54) is 17.8 Å². The number of nitrogens with one attached hydrogen (secondary N) is 1. The summed E-state index contributed by atoms with van der Waals surface area (Å²) in [5.74, 6) is 0. The minimum absolute atomic E-state index is 0.0942. The fourth-order valence-corrected chi connectivity index (χ4v) is 1.80. The summed E-state index contributed by atoms with van der Waals surface area (Å²) >= 11 is 0. The monoisotopic (exact) mass is 277 g/mol. The van der Waals surface area contributed by atoms with Crippen molar-refractivity contribution in [3.05, 3.63) is 34.4 Å². The molecule has 5 nitrogen and oxygen atoms in total. The van der Waals surface area contributed by atoms with Gasteiger partial charge in [-0.3, -0.25) is 15.5 Å². The number of nitrogens with zero attached hydrogens (tertiary/aromatic N) is 2. The third kappa shape index (κ3) is 5.82. The molecule has 0 spiro atoms. The highest BCUT2D eigenvalue weighted by atomic mass is 16.6.